The number of carboxylic acid groups (broad SMARTS) is 1. The van der Waals surface area contributed by atoms with Crippen molar-refractivity contribution < 1.29 is 14.3 Å². The van der Waals surface area contributed by atoms with Gasteiger partial charge >= 0.3 is 5.97 Å². The van der Waals surface area contributed by atoms with Crippen LogP contribution in [0.5, 0.6) is 0 Å². The van der Waals surface area contributed by atoms with Crippen molar-refractivity contribution in [1.29, 1.82) is 0 Å². The summed E-state index contributed by atoms with van der Waals surface area (Å²) in [7, 11) is 0. The minimum absolute atomic E-state index is 0.266. The fourth-order valence-electron chi connectivity index (χ4n) is 1.09. The lowest BCUT2D eigenvalue weighted by atomic mass is 10.2. The molecule has 1 aromatic rings. The molecule has 0 aliphatic carbocycles. The SMILES string of the molecule is CC(C)Sc1cc(F)c(C(=O)O)cc1N. The van der Waals surface area contributed by atoms with Crippen LogP contribution in [0.25, 0.3) is 0 Å². The van der Waals surface area contributed by atoms with Crippen LogP contribution in [0.4, 0.5) is 10.1 Å². The normalized spacial score (nSPS) is 10.7. The highest BCUT2D eigenvalue weighted by Crippen LogP contribution is 2.30. The number of nitrogen functional groups attached to an aromatic ring is 1. The van der Waals surface area contributed by atoms with E-state index in [2.05, 4.69) is 0 Å². The zero-order valence-corrected chi connectivity index (χ0v) is 9.27. The van der Waals surface area contributed by atoms with Gasteiger partial charge in [-0.1, -0.05) is 13.8 Å². The number of anilines is 1. The van der Waals surface area contributed by atoms with Crippen LogP contribution >= 0.6 is 11.8 Å². The van der Waals surface area contributed by atoms with E-state index in [-0.39, 0.29) is 10.8 Å². The van der Waals surface area contributed by atoms with Crippen LogP contribution < -0.4 is 5.73 Å². The molecule has 3 nitrogen and oxygen atoms in total. The van der Waals surface area contributed by atoms with Gasteiger partial charge in [-0.15, -0.1) is 11.8 Å². The largest absolute Gasteiger partial charge is 0.478 e. The average Bonchev–Trinajstić information content (AvgIpc) is 2.09. The molecule has 0 heterocycles. The monoisotopic (exact) mass is 229 g/mol. The van der Waals surface area contributed by atoms with Gasteiger partial charge in [-0.25, -0.2) is 9.18 Å². The summed E-state index contributed by atoms with van der Waals surface area (Å²) in [4.78, 5) is 11.2. The Morgan fingerprint density at radius 1 is 1.53 bits per heavy atom. The van der Waals surface area contributed by atoms with Gasteiger partial charge in [0.05, 0.1) is 5.56 Å². The van der Waals surface area contributed by atoms with Crippen LogP contribution in [0.3, 0.4) is 0 Å². The number of hydrogen-bond acceptors (Lipinski definition) is 3. The highest BCUT2D eigenvalue weighted by atomic mass is 32.2. The molecule has 0 saturated carbocycles. The fourth-order valence-corrected chi connectivity index (χ4v) is 1.97. The van der Waals surface area contributed by atoms with Crippen molar-refractivity contribution in [1.82, 2.24) is 0 Å². The van der Waals surface area contributed by atoms with Gasteiger partial charge in [-0.3, -0.25) is 0 Å². The Kier molecular flexibility index (Phi) is 3.57. The second-order valence-electron chi connectivity index (χ2n) is 3.34. The summed E-state index contributed by atoms with van der Waals surface area (Å²) in [6.07, 6.45) is 0. The number of rotatable bonds is 3. The van der Waals surface area contributed by atoms with Crippen LogP contribution in [0.2, 0.25) is 0 Å². The molecular weight excluding hydrogens is 217 g/mol. The molecule has 1 aromatic carbocycles. The summed E-state index contributed by atoms with van der Waals surface area (Å²) in [5.74, 6) is -2.06. The summed E-state index contributed by atoms with van der Waals surface area (Å²) in [5, 5.41) is 8.93. The Bertz CT molecular complexity index is 393. The molecule has 15 heavy (non-hydrogen) atoms. The molecule has 82 valence electrons. The van der Waals surface area contributed by atoms with Crippen LogP contribution in [-0.4, -0.2) is 16.3 Å². The molecule has 3 N–H and O–H groups in total. The quantitative estimate of drug-likeness (QED) is 0.617. The molecule has 0 bridgehead atoms. The summed E-state index contributed by atoms with van der Waals surface area (Å²) < 4.78 is 13.3. The molecule has 0 aliphatic heterocycles. The number of aromatic carboxylic acids is 1. The minimum Gasteiger partial charge on any atom is -0.478 e. The second kappa shape index (κ2) is 4.53. The van der Waals surface area contributed by atoms with Gasteiger partial charge in [-0.05, 0) is 12.1 Å². The number of halogens is 1. The van der Waals surface area contributed by atoms with Gasteiger partial charge in [0, 0.05) is 15.8 Å². The predicted octanol–water partition coefficient (Wildman–Crippen LogP) is 2.61. The molecule has 0 aliphatic rings. The van der Waals surface area contributed by atoms with Gasteiger partial charge in [0.25, 0.3) is 0 Å². The maximum Gasteiger partial charge on any atom is 0.338 e. The number of benzene rings is 1. The van der Waals surface area contributed by atoms with E-state index >= 15 is 0 Å². The van der Waals surface area contributed by atoms with E-state index in [1.54, 1.807) is 0 Å². The molecule has 5 heteroatoms. The maximum absolute atomic E-state index is 13.3. The topological polar surface area (TPSA) is 63.3 Å². The Morgan fingerprint density at radius 3 is 2.60 bits per heavy atom. The van der Waals surface area contributed by atoms with Crippen molar-refractivity contribution in [3.05, 3.63) is 23.5 Å². The number of carbonyl (C=O) groups is 1. The van der Waals surface area contributed by atoms with Gasteiger partial charge in [0.2, 0.25) is 0 Å². The lowest BCUT2D eigenvalue weighted by Gasteiger charge is -2.09. The Balaban J connectivity index is 3.13. The van der Waals surface area contributed by atoms with Crippen LogP contribution in [-0.2, 0) is 0 Å². The number of nitrogens with two attached hydrogens (primary N) is 1. The summed E-state index contributed by atoms with van der Waals surface area (Å²) >= 11 is 1.40. The van der Waals surface area contributed by atoms with Crippen molar-refractivity contribution in [2.24, 2.45) is 0 Å². The summed E-state index contributed by atoms with van der Waals surface area (Å²) in [5.41, 5.74) is 5.54. The molecule has 0 aromatic heterocycles. The summed E-state index contributed by atoms with van der Waals surface area (Å²) in [6, 6.07) is 2.33. The van der Waals surface area contributed by atoms with E-state index in [1.807, 2.05) is 13.8 Å². The van der Waals surface area contributed by atoms with Crippen LogP contribution in [0.1, 0.15) is 24.2 Å². The smallest absolute Gasteiger partial charge is 0.338 e. The van der Waals surface area contributed by atoms with Crippen molar-refractivity contribution in [3.63, 3.8) is 0 Å². The zero-order valence-electron chi connectivity index (χ0n) is 8.45. The van der Waals surface area contributed by atoms with E-state index in [9.17, 15) is 9.18 Å². The maximum atomic E-state index is 13.3. The predicted molar refractivity (Wildman–Crippen MR) is 58.8 cm³/mol. The first-order valence-electron chi connectivity index (χ1n) is 4.40. The molecule has 0 atom stereocenters. The average molecular weight is 229 g/mol. The molecule has 0 unspecified atom stereocenters. The molecule has 0 spiro atoms. The lowest BCUT2D eigenvalue weighted by molar-refractivity contribution is 0.0692. The van der Waals surface area contributed by atoms with Gasteiger partial charge in [-0.2, -0.15) is 0 Å². The Hall–Kier alpha value is -1.23. The van der Waals surface area contributed by atoms with Crippen molar-refractivity contribution in [2.75, 3.05) is 5.73 Å². The van der Waals surface area contributed by atoms with E-state index in [1.165, 1.54) is 17.8 Å². The molecule has 0 fully saturated rings. The standard InChI is InChI=1S/C10H12FNO2S/c1-5(2)15-9-4-7(11)6(10(13)14)3-8(9)12/h3-5H,12H2,1-2H3,(H,13,14). The third kappa shape index (κ3) is 2.86. The van der Waals surface area contributed by atoms with Crippen molar-refractivity contribution in [2.45, 2.75) is 24.0 Å². The van der Waals surface area contributed by atoms with E-state index in [0.29, 0.717) is 10.6 Å². The van der Waals surface area contributed by atoms with E-state index in [0.717, 1.165) is 6.07 Å². The molecule has 0 radical (unpaired) electrons. The first-order chi connectivity index (χ1) is 6.91. The van der Waals surface area contributed by atoms with Crippen LogP contribution in [0.15, 0.2) is 17.0 Å². The third-order valence-corrected chi connectivity index (χ3v) is 2.77. The van der Waals surface area contributed by atoms with Gasteiger partial charge < -0.3 is 10.8 Å². The van der Waals surface area contributed by atoms with Gasteiger partial charge in [0.15, 0.2) is 0 Å². The highest BCUT2D eigenvalue weighted by molar-refractivity contribution is 8.00. The summed E-state index contributed by atoms with van der Waals surface area (Å²) in [6.45, 7) is 3.90. The zero-order chi connectivity index (χ0) is 11.6. The third-order valence-electron chi connectivity index (χ3n) is 1.69. The van der Waals surface area contributed by atoms with Crippen molar-refractivity contribution >= 4 is 23.4 Å². The number of hydrogen-bond donors (Lipinski definition) is 2. The van der Waals surface area contributed by atoms with Crippen LogP contribution in [0, 0.1) is 5.82 Å². The van der Waals surface area contributed by atoms with E-state index in [4.69, 9.17) is 10.8 Å². The second-order valence-corrected chi connectivity index (χ2v) is 4.96. The van der Waals surface area contributed by atoms with Crippen molar-refractivity contribution in [3.8, 4) is 0 Å². The Morgan fingerprint density at radius 2 is 2.13 bits per heavy atom. The van der Waals surface area contributed by atoms with Gasteiger partial charge in [0.1, 0.15) is 5.82 Å². The molecule has 0 amide bonds. The lowest BCUT2D eigenvalue weighted by Crippen LogP contribution is -2.03. The number of carboxylic acids is 1. The molecule has 1 rings (SSSR count). The first-order valence-corrected chi connectivity index (χ1v) is 5.28. The molecular formula is C10H12FNO2S. The highest BCUT2D eigenvalue weighted by Gasteiger charge is 2.14. The first kappa shape index (κ1) is 11.8. The van der Waals surface area contributed by atoms with E-state index < -0.39 is 11.8 Å². The Labute approximate surface area is 91.5 Å². The number of thioether (sulfide) groups is 1. The fraction of sp³-hybridized carbons (Fsp3) is 0.300. The molecule has 0 saturated heterocycles. The minimum atomic E-state index is -1.31.